The average molecular weight is 353 g/mol. The van der Waals surface area contributed by atoms with Crippen molar-refractivity contribution >= 4 is 22.7 Å². The van der Waals surface area contributed by atoms with Gasteiger partial charge in [0, 0.05) is 25.1 Å². The summed E-state index contributed by atoms with van der Waals surface area (Å²) >= 11 is 0. The van der Waals surface area contributed by atoms with Gasteiger partial charge in [-0.3, -0.25) is 19.4 Å². The molecule has 0 saturated carbocycles. The molecule has 136 valence electrons. The van der Waals surface area contributed by atoms with Crippen LogP contribution in [0.3, 0.4) is 0 Å². The Kier molecular flexibility index (Phi) is 4.46. The number of hydrogen-bond donors (Lipinski definition) is 0. The molecule has 1 unspecified atom stereocenters. The molecule has 1 saturated heterocycles. The summed E-state index contributed by atoms with van der Waals surface area (Å²) in [6, 6.07) is 7.73. The van der Waals surface area contributed by atoms with Crippen molar-refractivity contribution in [2.75, 3.05) is 26.7 Å². The molecule has 3 heterocycles. The van der Waals surface area contributed by atoms with Crippen molar-refractivity contribution < 1.29 is 14.3 Å². The number of para-hydroxylation sites is 1. The first-order valence-corrected chi connectivity index (χ1v) is 9.16. The van der Waals surface area contributed by atoms with E-state index in [-0.39, 0.29) is 24.5 Å². The van der Waals surface area contributed by atoms with Gasteiger partial charge in [-0.2, -0.15) is 0 Å². The van der Waals surface area contributed by atoms with Crippen LogP contribution in [0.15, 0.2) is 24.3 Å². The fourth-order valence-corrected chi connectivity index (χ4v) is 4.21. The summed E-state index contributed by atoms with van der Waals surface area (Å²) in [6.45, 7) is 4.75. The van der Waals surface area contributed by atoms with E-state index in [1.807, 2.05) is 24.3 Å². The topological polar surface area (TPSA) is 62.7 Å². The highest BCUT2D eigenvalue weighted by molar-refractivity contribution is 6.26. The Hall–Kier alpha value is -2.31. The van der Waals surface area contributed by atoms with E-state index in [1.54, 1.807) is 7.11 Å². The second kappa shape index (κ2) is 6.78. The van der Waals surface area contributed by atoms with Gasteiger partial charge in [0.15, 0.2) is 0 Å². The number of methoxy groups -OCH3 is 1. The largest absolute Gasteiger partial charge is 0.378 e. The minimum Gasteiger partial charge on any atom is -0.378 e. The Morgan fingerprint density at radius 3 is 2.73 bits per heavy atom. The number of pyridine rings is 1. The van der Waals surface area contributed by atoms with Crippen LogP contribution in [0.2, 0.25) is 0 Å². The quantitative estimate of drug-likeness (QED) is 0.773. The number of carbonyl (C=O) groups is 2. The van der Waals surface area contributed by atoms with Crippen LogP contribution >= 0.6 is 0 Å². The van der Waals surface area contributed by atoms with E-state index in [1.165, 1.54) is 4.90 Å². The Balaban J connectivity index is 1.77. The number of fused-ring (bicyclic) bond motifs is 3. The summed E-state index contributed by atoms with van der Waals surface area (Å²) in [6.07, 6.45) is 2.13. The predicted molar refractivity (Wildman–Crippen MR) is 98.1 cm³/mol. The zero-order valence-electron chi connectivity index (χ0n) is 15.2. The molecule has 2 aromatic rings. The summed E-state index contributed by atoms with van der Waals surface area (Å²) < 4.78 is 5.24. The molecule has 6 heteroatoms. The third kappa shape index (κ3) is 2.61. The Morgan fingerprint density at radius 1 is 1.19 bits per heavy atom. The summed E-state index contributed by atoms with van der Waals surface area (Å²) in [4.78, 5) is 34.6. The van der Waals surface area contributed by atoms with Crippen molar-refractivity contribution in [3.63, 3.8) is 0 Å². The number of benzene rings is 1. The average Bonchev–Trinajstić information content (AvgIpc) is 3.20. The maximum atomic E-state index is 13.2. The molecule has 2 amide bonds. The van der Waals surface area contributed by atoms with Crippen LogP contribution < -0.4 is 0 Å². The first kappa shape index (κ1) is 17.1. The number of nitrogens with zero attached hydrogens (tertiary/aromatic N) is 3. The third-order valence-electron chi connectivity index (χ3n) is 5.47. The first-order valence-electron chi connectivity index (χ1n) is 9.16. The molecule has 1 aromatic carbocycles. The van der Waals surface area contributed by atoms with Crippen LogP contribution in [0.4, 0.5) is 0 Å². The number of amides is 2. The number of rotatable bonds is 5. The van der Waals surface area contributed by atoms with Gasteiger partial charge in [0.1, 0.15) is 0 Å². The van der Waals surface area contributed by atoms with Crippen LogP contribution in [0, 0.1) is 0 Å². The molecule has 2 aliphatic heterocycles. The molecule has 0 radical (unpaired) electrons. The molecule has 26 heavy (non-hydrogen) atoms. The van der Waals surface area contributed by atoms with Crippen LogP contribution in [-0.2, 0) is 11.3 Å². The molecule has 0 N–H and O–H groups in total. The molecule has 1 atom stereocenters. The van der Waals surface area contributed by atoms with Crippen molar-refractivity contribution in [3.05, 3.63) is 41.1 Å². The number of likely N-dealkylation sites (tertiary alicyclic amines) is 1. The van der Waals surface area contributed by atoms with Crippen molar-refractivity contribution in [3.8, 4) is 0 Å². The van der Waals surface area contributed by atoms with E-state index in [4.69, 9.17) is 4.74 Å². The van der Waals surface area contributed by atoms with Crippen molar-refractivity contribution in [1.29, 1.82) is 0 Å². The number of aromatic nitrogens is 1. The summed E-state index contributed by atoms with van der Waals surface area (Å²) in [7, 11) is 1.57. The lowest BCUT2D eigenvalue weighted by molar-refractivity contribution is 0.0610. The second-order valence-electron chi connectivity index (χ2n) is 6.90. The Labute approximate surface area is 152 Å². The van der Waals surface area contributed by atoms with Crippen molar-refractivity contribution in [1.82, 2.24) is 14.8 Å². The Morgan fingerprint density at radius 2 is 1.96 bits per heavy atom. The number of imide groups is 1. The summed E-state index contributed by atoms with van der Waals surface area (Å²) in [5.74, 6) is -0.442. The van der Waals surface area contributed by atoms with E-state index in [9.17, 15) is 9.59 Å². The first-order chi connectivity index (χ1) is 12.7. The maximum absolute atomic E-state index is 13.2. The monoisotopic (exact) mass is 353 g/mol. The molecule has 4 rings (SSSR count). The van der Waals surface area contributed by atoms with Crippen LogP contribution in [-0.4, -0.2) is 59.4 Å². The minimum absolute atomic E-state index is 0.205. The van der Waals surface area contributed by atoms with Gasteiger partial charge in [-0.1, -0.05) is 25.1 Å². The van der Waals surface area contributed by atoms with E-state index >= 15 is 0 Å². The third-order valence-corrected chi connectivity index (χ3v) is 5.47. The second-order valence-corrected chi connectivity index (χ2v) is 6.90. The normalized spacial score (nSPS) is 20.4. The minimum atomic E-state index is -0.238. The summed E-state index contributed by atoms with van der Waals surface area (Å²) in [5, 5.41) is 0.738. The fourth-order valence-electron chi connectivity index (χ4n) is 4.21. The van der Waals surface area contributed by atoms with Gasteiger partial charge in [0.25, 0.3) is 11.8 Å². The molecule has 2 aliphatic rings. The number of carbonyl (C=O) groups excluding carboxylic acids is 2. The lowest BCUT2D eigenvalue weighted by Crippen LogP contribution is -2.42. The van der Waals surface area contributed by atoms with Crippen molar-refractivity contribution in [2.45, 2.75) is 32.4 Å². The molecule has 0 aliphatic carbocycles. The number of likely N-dealkylation sites (N-methyl/N-ethyl adjacent to an activating group) is 1. The lowest BCUT2D eigenvalue weighted by atomic mass is 10.0. The Bertz CT molecular complexity index is 880. The van der Waals surface area contributed by atoms with Crippen molar-refractivity contribution in [2.24, 2.45) is 0 Å². The highest BCUT2D eigenvalue weighted by atomic mass is 16.5. The van der Waals surface area contributed by atoms with Crippen LogP contribution in [0.1, 0.15) is 46.2 Å². The smallest absolute Gasteiger partial charge is 0.263 e. The number of hydrogen-bond acceptors (Lipinski definition) is 5. The standard InChI is InChI=1S/C20H23N3O3/c1-3-22-10-6-7-13(22)11-23-19(24)17-14-8-4-5-9-15(14)21-16(12-26-2)18(17)20(23)25/h4-5,8-9,13H,3,6-7,10-12H2,1-2H3. The highest BCUT2D eigenvalue weighted by Crippen LogP contribution is 2.33. The highest BCUT2D eigenvalue weighted by Gasteiger charge is 2.41. The van der Waals surface area contributed by atoms with Crippen LogP contribution in [0.5, 0.6) is 0 Å². The SMILES string of the molecule is CCN1CCCC1CN1C(=O)c2c(COC)nc3ccccc3c2C1=O. The molecular formula is C20H23N3O3. The van der Waals surface area contributed by atoms with E-state index in [0.29, 0.717) is 23.4 Å². The summed E-state index contributed by atoms with van der Waals surface area (Å²) in [5.41, 5.74) is 2.16. The van der Waals surface area contributed by atoms with Gasteiger partial charge in [-0.25, -0.2) is 4.98 Å². The van der Waals surface area contributed by atoms with Gasteiger partial charge in [-0.05, 0) is 32.0 Å². The molecule has 0 spiro atoms. The molecule has 1 aromatic heterocycles. The predicted octanol–water partition coefficient (Wildman–Crippen LogP) is 2.46. The van der Waals surface area contributed by atoms with Gasteiger partial charge in [0.05, 0.1) is 28.9 Å². The van der Waals surface area contributed by atoms with E-state index in [0.717, 1.165) is 36.8 Å². The fraction of sp³-hybridized carbons (Fsp3) is 0.450. The molecular weight excluding hydrogens is 330 g/mol. The number of ether oxygens (including phenoxy) is 1. The van der Waals surface area contributed by atoms with Gasteiger partial charge in [0.2, 0.25) is 0 Å². The van der Waals surface area contributed by atoms with Gasteiger partial charge in [-0.15, -0.1) is 0 Å². The van der Waals surface area contributed by atoms with Gasteiger partial charge < -0.3 is 4.74 Å². The molecule has 6 nitrogen and oxygen atoms in total. The lowest BCUT2D eigenvalue weighted by Gasteiger charge is -2.26. The zero-order chi connectivity index (χ0) is 18.3. The van der Waals surface area contributed by atoms with Gasteiger partial charge >= 0.3 is 0 Å². The zero-order valence-corrected chi connectivity index (χ0v) is 15.2. The molecule has 0 bridgehead atoms. The van der Waals surface area contributed by atoms with Crippen LogP contribution in [0.25, 0.3) is 10.9 Å². The maximum Gasteiger partial charge on any atom is 0.263 e. The van der Waals surface area contributed by atoms with E-state index in [2.05, 4.69) is 16.8 Å². The molecule has 1 fully saturated rings. The van der Waals surface area contributed by atoms with E-state index < -0.39 is 0 Å².